The standard InChI is InChI=1S/C21H28ClN5O3S/c1-24(17-7-3-2-4-8-17)31(29,30)26-15-13-25(14-16-26)21(28)19-11-12-27(23-19)20-10-6-5-9-18(20)22/h5-6,9-12,17H,2-4,7-8,13-16H2,1H3. The topological polar surface area (TPSA) is 78.8 Å². The molecule has 1 aromatic carbocycles. The van der Waals surface area contributed by atoms with E-state index in [1.165, 1.54) is 15.0 Å². The molecule has 31 heavy (non-hydrogen) atoms. The Morgan fingerprint density at radius 3 is 2.42 bits per heavy atom. The molecule has 1 aliphatic carbocycles. The number of carbonyl (C=O) groups is 1. The van der Waals surface area contributed by atoms with Gasteiger partial charge in [0, 0.05) is 45.5 Å². The molecule has 0 spiro atoms. The highest BCUT2D eigenvalue weighted by Gasteiger charge is 2.35. The van der Waals surface area contributed by atoms with Gasteiger partial charge in [0.2, 0.25) is 0 Å². The van der Waals surface area contributed by atoms with E-state index in [9.17, 15) is 13.2 Å². The Bertz CT molecular complexity index is 1030. The molecule has 168 valence electrons. The molecule has 0 atom stereocenters. The van der Waals surface area contributed by atoms with Crippen molar-refractivity contribution in [2.75, 3.05) is 33.2 Å². The van der Waals surface area contributed by atoms with Gasteiger partial charge in [-0.25, -0.2) is 4.68 Å². The van der Waals surface area contributed by atoms with E-state index in [0.717, 1.165) is 25.7 Å². The summed E-state index contributed by atoms with van der Waals surface area (Å²) in [6, 6.07) is 9.02. The van der Waals surface area contributed by atoms with E-state index >= 15 is 0 Å². The van der Waals surface area contributed by atoms with E-state index in [2.05, 4.69) is 5.10 Å². The number of hydrogen-bond acceptors (Lipinski definition) is 4. The Balaban J connectivity index is 1.38. The summed E-state index contributed by atoms with van der Waals surface area (Å²) < 4.78 is 30.7. The lowest BCUT2D eigenvalue weighted by Gasteiger charge is -2.38. The van der Waals surface area contributed by atoms with Crippen LogP contribution in [-0.2, 0) is 10.2 Å². The zero-order chi connectivity index (χ0) is 22.0. The number of benzene rings is 1. The van der Waals surface area contributed by atoms with Crippen LogP contribution >= 0.6 is 11.6 Å². The summed E-state index contributed by atoms with van der Waals surface area (Å²) in [5.74, 6) is -0.205. The van der Waals surface area contributed by atoms with Gasteiger partial charge in [0.25, 0.3) is 16.1 Å². The van der Waals surface area contributed by atoms with Gasteiger partial charge in [-0.15, -0.1) is 0 Å². The minimum absolute atomic E-state index is 0.0761. The fourth-order valence-corrected chi connectivity index (χ4v) is 6.11. The molecule has 1 aliphatic heterocycles. The molecule has 2 aliphatic rings. The summed E-state index contributed by atoms with van der Waals surface area (Å²) in [7, 11) is -1.83. The van der Waals surface area contributed by atoms with Crippen molar-refractivity contribution < 1.29 is 13.2 Å². The van der Waals surface area contributed by atoms with Crippen LogP contribution in [0.15, 0.2) is 36.5 Å². The lowest BCUT2D eigenvalue weighted by Crippen LogP contribution is -2.55. The number of carbonyl (C=O) groups excluding carboxylic acids is 1. The van der Waals surface area contributed by atoms with Crippen molar-refractivity contribution in [2.24, 2.45) is 0 Å². The van der Waals surface area contributed by atoms with Crippen molar-refractivity contribution in [1.29, 1.82) is 0 Å². The molecular weight excluding hydrogens is 438 g/mol. The molecule has 1 saturated heterocycles. The number of rotatable bonds is 5. The summed E-state index contributed by atoms with van der Waals surface area (Å²) in [6.45, 7) is 1.26. The van der Waals surface area contributed by atoms with Crippen molar-refractivity contribution in [3.63, 3.8) is 0 Å². The molecule has 1 saturated carbocycles. The maximum atomic E-state index is 13.0. The molecule has 2 heterocycles. The van der Waals surface area contributed by atoms with E-state index in [1.807, 2.05) is 18.2 Å². The smallest absolute Gasteiger partial charge is 0.282 e. The number of para-hydroxylation sites is 1. The quantitative estimate of drug-likeness (QED) is 0.680. The van der Waals surface area contributed by atoms with E-state index in [1.54, 1.807) is 35.0 Å². The van der Waals surface area contributed by atoms with Gasteiger partial charge in [0.1, 0.15) is 0 Å². The maximum absolute atomic E-state index is 13.0. The Morgan fingerprint density at radius 2 is 1.74 bits per heavy atom. The highest BCUT2D eigenvalue weighted by Crippen LogP contribution is 2.25. The number of amides is 1. The third kappa shape index (κ3) is 4.64. The lowest BCUT2D eigenvalue weighted by molar-refractivity contribution is 0.0686. The first-order chi connectivity index (χ1) is 14.9. The number of piperazine rings is 1. The number of nitrogens with zero attached hydrogens (tertiary/aromatic N) is 5. The molecule has 0 unspecified atom stereocenters. The third-order valence-electron chi connectivity index (χ3n) is 6.21. The Labute approximate surface area is 188 Å². The zero-order valence-electron chi connectivity index (χ0n) is 17.7. The first-order valence-corrected chi connectivity index (χ1v) is 12.5. The van der Waals surface area contributed by atoms with E-state index in [4.69, 9.17) is 11.6 Å². The molecular formula is C21H28ClN5O3S. The molecule has 1 amide bonds. The van der Waals surface area contributed by atoms with Gasteiger partial charge >= 0.3 is 0 Å². The number of halogens is 1. The van der Waals surface area contributed by atoms with Crippen molar-refractivity contribution in [3.8, 4) is 5.69 Å². The van der Waals surface area contributed by atoms with Crippen LogP contribution in [0.25, 0.3) is 5.69 Å². The van der Waals surface area contributed by atoms with Gasteiger partial charge in [-0.1, -0.05) is 43.0 Å². The Morgan fingerprint density at radius 1 is 1.06 bits per heavy atom. The van der Waals surface area contributed by atoms with Crippen molar-refractivity contribution >= 4 is 27.7 Å². The van der Waals surface area contributed by atoms with Gasteiger partial charge in [-0.3, -0.25) is 4.79 Å². The molecule has 0 N–H and O–H groups in total. The summed E-state index contributed by atoms with van der Waals surface area (Å²) >= 11 is 6.21. The van der Waals surface area contributed by atoms with Crippen LogP contribution < -0.4 is 0 Å². The van der Waals surface area contributed by atoms with E-state index in [-0.39, 0.29) is 25.0 Å². The molecule has 10 heteroatoms. The average molecular weight is 466 g/mol. The fourth-order valence-electron chi connectivity index (χ4n) is 4.31. The van der Waals surface area contributed by atoms with Crippen LogP contribution in [0.1, 0.15) is 42.6 Å². The average Bonchev–Trinajstić information content (AvgIpc) is 3.29. The van der Waals surface area contributed by atoms with Crippen LogP contribution in [0.4, 0.5) is 0 Å². The highest BCUT2D eigenvalue weighted by atomic mass is 35.5. The molecule has 1 aromatic heterocycles. The fraction of sp³-hybridized carbons (Fsp3) is 0.524. The normalized spacial score (nSPS) is 19.1. The minimum atomic E-state index is -3.52. The van der Waals surface area contributed by atoms with Crippen LogP contribution in [0.2, 0.25) is 5.02 Å². The molecule has 2 aromatic rings. The van der Waals surface area contributed by atoms with Crippen LogP contribution in [0.3, 0.4) is 0 Å². The van der Waals surface area contributed by atoms with E-state index < -0.39 is 10.2 Å². The summed E-state index contributed by atoms with van der Waals surface area (Å²) in [4.78, 5) is 14.6. The Hall–Kier alpha value is -1.94. The van der Waals surface area contributed by atoms with Crippen LogP contribution in [0.5, 0.6) is 0 Å². The summed E-state index contributed by atoms with van der Waals surface area (Å²) in [5, 5.41) is 4.92. The van der Waals surface area contributed by atoms with Gasteiger partial charge in [-0.05, 0) is 31.0 Å². The van der Waals surface area contributed by atoms with Crippen LogP contribution in [0, 0.1) is 0 Å². The maximum Gasteiger partial charge on any atom is 0.282 e. The molecule has 8 nitrogen and oxygen atoms in total. The molecule has 0 radical (unpaired) electrons. The molecule has 0 bridgehead atoms. The largest absolute Gasteiger partial charge is 0.335 e. The zero-order valence-corrected chi connectivity index (χ0v) is 19.2. The second kappa shape index (κ2) is 9.28. The van der Waals surface area contributed by atoms with Gasteiger partial charge in [-0.2, -0.15) is 22.1 Å². The van der Waals surface area contributed by atoms with E-state index in [0.29, 0.717) is 29.5 Å². The highest BCUT2D eigenvalue weighted by molar-refractivity contribution is 7.86. The van der Waals surface area contributed by atoms with Crippen molar-refractivity contribution in [2.45, 2.75) is 38.1 Å². The molecule has 4 rings (SSSR count). The first-order valence-electron chi connectivity index (χ1n) is 10.7. The van der Waals surface area contributed by atoms with Crippen LogP contribution in [-0.4, -0.2) is 76.9 Å². The van der Waals surface area contributed by atoms with Gasteiger partial charge in [0.05, 0.1) is 10.7 Å². The Kier molecular flexibility index (Phi) is 6.66. The molecule has 2 fully saturated rings. The van der Waals surface area contributed by atoms with Crippen molar-refractivity contribution in [3.05, 3.63) is 47.2 Å². The predicted molar refractivity (Wildman–Crippen MR) is 120 cm³/mol. The predicted octanol–water partition coefficient (Wildman–Crippen LogP) is 2.79. The third-order valence-corrected chi connectivity index (χ3v) is 8.58. The second-order valence-electron chi connectivity index (χ2n) is 8.10. The summed E-state index contributed by atoms with van der Waals surface area (Å²) in [5.41, 5.74) is 1.01. The lowest BCUT2D eigenvalue weighted by atomic mass is 9.96. The number of hydrogen-bond donors (Lipinski definition) is 0. The van der Waals surface area contributed by atoms with Gasteiger partial charge in [0.15, 0.2) is 5.69 Å². The SMILES string of the molecule is CN(C1CCCCC1)S(=O)(=O)N1CCN(C(=O)c2ccn(-c3ccccc3Cl)n2)CC1. The summed E-state index contributed by atoms with van der Waals surface area (Å²) in [6.07, 6.45) is 6.87. The number of aromatic nitrogens is 2. The minimum Gasteiger partial charge on any atom is -0.335 e. The monoisotopic (exact) mass is 465 g/mol. The second-order valence-corrected chi connectivity index (χ2v) is 10.5. The van der Waals surface area contributed by atoms with Gasteiger partial charge < -0.3 is 4.90 Å². The van der Waals surface area contributed by atoms with Crippen molar-refractivity contribution in [1.82, 2.24) is 23.3 Å². The first kappa shape index (κ1) is 22.3.